The Kier molecular flexibility index (Phi) is 6.22. The van der Waals surface area contributed by atoms with Gasteiger partial charge in [0.2, 0.25) is 0 Å². The van der Waals surface area contributed by atoms with Crippen LogP contribution < -0.4 is 5.32 Å². The van der Waals surface area contributed by atoms with Crippen molar-refractivity contribution in [2.75, 3.05) is 19.6 Å². The van der Waals surface area contributed by atoms with Crippen LogP contribution in [0.4, 0.5) is 0 Å². The number of aromatic nitrogens is 1. The Bertz CT molecular complexity index is 798. The van der Waals surface area contributed by atoms with Crippen molar-refractivity contribution in [3.63, 3.8) is 0 Å². The number of benzene rings is 1. The Hall–Kier alpha value is -1.98. The van der Waals surface area contributed by atoms with Gasteiger partial charge in [0, 0.05) is 35.7 Å². The third kappa shape index (κ3) is 4.59. The van der Waals surface area contributed by atoms with Crippen molar-refractivity contribution < 1.29 is 4.79 Å². The van der Waals surface area contributed by atoms with E-state index in [2.05, 4.69) is 37.7 Å². The molecule has 2 heterocycles. The van der Waals surface area contributed by atoms with Crippen molar-refractivity contribution in [1.29, 1.82) is 0 Å². The SMILES string of the molecule is C=CCN1CCC(NC(=O)c2ccc(-c3cccc(Br)c3)nc2C)CC1. The van der Waals surface area contributed by atoms with E-state index in [-0.39, 0.29) is 11.9 Å². The number of rotatable bonds is 5. The van der Waals surface area contributed by atoms with Crippen molar-refractivity contribution in [3.05, 3.63) is 64.8 Å². The van der Waals surface area contributed by atoms with Gasteiger partial charge in [0.05, 0.1) is 17.0 Å². The molecule has 1 fully saturated rings. The molecule has 3 rings (SSSR count). The number of hydrogen-bond donors (Lipinski definition) is 1. The first kappa shape index (κ1) is 18.8. The number of hydrogen-bond acceptors (Lipinski definition) is 3. The van der Waals surface area contributed by atoms with E-state index < -0.39 is 0 Å². The molecule has 0 saturated carbocycles. The highest BCUT2D eigenvalue weighted by atomic mass is 79.9. The van der Waals surface area contributed by atoms with Gasteiger partial charge in [0.25, 0.3) is 5.91 Å². The molecule has 1 aliphatic rings. The van der Waals surface area contributed by atoms with Gasteiger partial charge in [-0.3, -0.25) is 14.7 Å². The molecule has 1 aromatic heterocycles. The summed E-state index contributed by atoms with van der Waals surface area (Å²) in [6, 6.07) is 12.0. The maximum atomic E-state index is 12.7. The maximum Gasteiger partial charge on any atom is 0.253 e. The fourth-order valence-electron chi connectivity index (χ4n) is 3.32. The quantitative estimate of drug-likeness (QED) is 0.746. The lowest BCUT2D eigenvalue weighted by atomic mass is 10.0. The molecule has 1 N–H and O–H groups in total. The molecule has 0 aliphatic carbocycles. The molecule has 0 atom stereocenters. The number of piperidine rings is 1. The van der Waals surface area contributed by atoms with Gasteiger partial charge in [-0.1, -0.05) is 34.1 Å². The average Bonchev–Trinajstić information content (AvgIpc) is 2.63. The highest BCUT2D eigenvalue weighted by Crippen LogP contribution is 2.22. The molecule has 2 aromatic rings. The summed E-state index contributed by atoms with van der Waals surface area (Å²) in [6.45, 7) is 8.59. The van der Waals surface area contributed by atoms with Gasteiger partial charge < -0.3 is 5.32 Å². The Morgan fingerprint density at radius 2 is 2.12 bits per heavy atom. The first-order chi connectivity index (χ1) is 12.6. The summed E-state index contributed by atoms with van der Waals surface area (Å²) in [5, 5.41) is 3.17. The predicted molar refractivity (Wildman–Crippen MR) is 109 cm³/mol. The van der Waals surface area contributed by atoms with E-state index in [1.165, 1.54) is 0 Å². The Morgan fingerprint density at radius 3 is 2.77 bits per heavy atom. The van der Waals surface area contributed by atoms with E-state index in [1.807, 2.05) is 49.4 Å². The lowest BCUT2D eigenvalue weighted by molar-refractivity contribution is 0.0913. The molecule has 0 unspecified atom stereocenters. The van der Waals surface area contributed by atoms with Crippen LogP contribution in [0.25, 0.3) is 11.3 Å². The predicted octanol–water partition coefficient (Wildman–Crippen LogP) is 4.20. The van der Waals surface area contributed by atoms with Crippen molar-refractivity contribution in [3.8, 4) is 11.3 Å². The Balaban J connectivity index is 1.66. The summed E-state index contributed by atoms with van der Waals surface area (Å²) in [5.74, 6) is -0.0297. The zero-order valence-electron chi connectivity index (χ0n) is 15.0. The number of aryl methyl sites for hydroxylation is 1. The molecule has 1 aromatic carbocycles. The number of likely N-dealkylation sites (tertiary alicyclic amines) is 1. The summed E-state index contributed by atoms with van der Waals surface area (Å²) < 4.78 is 1.01. The van der Waals surface area contributed by atoms with Crippen molar-refractivity contribution in [2.45, 2.75) is 25.8 Å². The third-order valence-electron chi connectivity index (χ3n) is 4.76. The van der Waals surface area contributed by atoms with Crippen LogP contribution in [0.1, 0.15) is 28.9 Å². The second-order valence-electron chi connectivity index (χ2n) is 6.68. The number of pyridine rings is 1. The lowest BCUT2D eigenvalue weighted by Gasteiger charge is -2.31. The zero-order valence-corrected chi connectivity index (χ0v) is 16.6. The van der Waals surface area contributed by atoms with Crippen LogP contribution in [0.15, 0.2) is 53.5 Å². The van der Waals surface area contributed by atoms with Crippen molar-refractivity contribution in [1.82, 2.24) is 15.2 Å². The molecule has 0 spiro atoms. The van der Waals surface area contributed by atoms with Gasteiger partial charge in [-0.2, -0.15) is 0 Å². The van der Waals surface area contributed by atoms with E-state index in [1.54, 1.807) is 0 Å². The topological polar surface area (TPSA) is 45.2 Å². The van der Waals surface area contributed by atoms with Crippen LogP contribution in [0.5, 0.6) is 0 Å². The lowest BCUT2D eigenvalue weighted by Crippen LogP contribution is -2.44. The molecule has 1 amide bonds. The molecule has 4 nitrogen and oxygen atoms in total. The molecule has 1 saturated heterocycles. The number of nitrogens with zero attached hydrogens (tertiary/aromatic N) is 2. The Labute approximate surface area is 163 Å². The summed E-state index contributed by atoms with van der Waals surface area (Å²) in [5.41, 5.74) is 3.31. The van der Waals surface area contributed by atoms with E-state index >= 15 is 0 Å². The smallest absolute Gasteiger partial charge is 0.253 e. The number of amides is 1. The van der Waals surface area contributed by atoms with E-state index in [0.717, 1.165) is 53.9 Å². The Morgan fingerprint density at radius 1 is 1.35 bits per heavy atom. The van der Waals surface area contributed by atoms with Gasteiger partial charge in [0.1, 0.15) is 0 Å². The molecule has 26 heavy (non-hydrogen) atoms. The minimum atomic E-state index is -0.0297. The van der Waals surface area contributed by atoms with Gasteiger partial charge in [0.15, 0.2) is 0 Å². The molecule has 0 bridgehead atoms. The fourth-order valence-corrected chi connectivity index (χ4v) is 3.71. The summed E-state index contributed by atoms with van der Waals surface area (Å²) in [7, 11) is 0. The third-order valence-corrected chi connectivity index (χ3v) is 5.25. The maximum absolute atomic E-state index is 12.7. The van der Waals surface area contributed by atoms with Gasteiger partial charge >= 0.3 is 0 Å². The second kappa shape index (κ2) is 8.60. The summed E-state index contributed by atoms with van der Waals surface area (Å²) >= 11 is 3.48. The number of halogens is 1. The number of carbonyl (C=O) groups is 1. The zero-order chi connectivity index (χ0) is 18.5. The first-order valence-corrected chi connectivity index (χ1v) is 9.74. The highest BCUT2D eigenvalue weighted by molar-refractivity contribution is 9.10. The van der Waals surface area contributed by atoms with Crippen LogP contribution in [0, 0.1) is 6.92 Å². The van der Waals surface area contributed by atoms with Crippen LogP contribution in [0.2, 0.25) is 0 Å². The molecular weight excluding hydrogens is 390 g/mol. The van der Waals surface area contributed by atoms with Crippen LogP contribution in [0.3, 0.4) is 0 Å². The van der Waals surface area contributed by atoms with E-state index in [0.29, 0.717) is 5.56 Å². The first-order valence-electron chi connectivity index (χ1n) is 8.94. The molecular formula is C21H24BrN3O. The number of nitrogens with one attached hydrogen (secondary N) is 1. The molecule has 1 aliphatic heterocycles. The highest BCUT2D eigenvalue weighted by Gasteiger charge is 2.21. The summed E-state index contributed by atoms with van der Waals surface area (Å²) in [6.07, 6.45) is 3.88. The van der Waals surface area contributed by atoms with Crippen molar-refractivity contribution in [2.24, 2.45) is 0 Å². The monoisotopic (exact) mass is 413 g/mol. The van der Waals surface area contributed by atoms with Crippen LogP contribution >= 0.6 is 15.9 Å². The minimum Gasteiger partial charge on any atom is -0.349 e. The average molecular weight is 414 g/mol. The fraction of sp³-hybridized carbons (Fsp3) is 0.333. The number of carbonyl (C=O) groups excluding carboxylic acids is 1. The standard InChI is InChI=1S/C21H24BrN3O/c1-3-11-25-12-9-18(10-13-25)24-21(26)19-7-8-20(23-15(19)2)16-5-4-6-17(22)14-16/h3-8,14,18H,1,9-13H2,2H3,(H,24,26). The largest absolute Gasteiger partial charge is 0.349 e. The second-order valence-corrected chi connectivity index (χ2v) is 7.59. The molecule has 5 heteroatoms. The van der Waals surface area contributed by atoms with E-state index in [4.69, 9.17) is 0 Å². The van der Waals surface area contributed by atoms with Gasteiger partial charge in [-0.15, -0.1) is 6.58 Å². The molecule has 136 valence electrons. The van der Waals surface area contributed by atoms with Gasteiger partial charge in [-0.25, -0.2) is 0 Å². The minimum absolute atomic E-state index is 0.0297. The summed E-state index contributed by atoms with van der Waals surface area (Å²) in [4.78, 5) is 19.6. The molecule has 0 radical (unpaired) electrons. The van der Waals surface area contributed by atoms with Crippen molar-refractivity contribution >= 4 is 21.8 Å². The van der Waals surface area contributed by atoms with E-state index in [9.17, 15) is 4.79 Å². The van der Waals surface area contributed by atoms with Crippen LogP contribution in [-0.4, -0.2) is 41.5 Å². The van der Waals surface area contributed by atoms with Crippen LogP contribution in [-0.2, 0) is 0 Å². The van der Waals surface area contributed by atoms with Gasteiger partial charge in [-0.05, 0) is 44.0 Å². The normalized spacial score (nSPS) is 15.6.